The molecule has 0 aliphatic heterocycles. The highest BCUT2D eigenvalue weighted by molar-refractivity contribution is 7.12. The molecule has 0 saturated heterocycles. The third-order valence-corrected chi connectivity index (χ3v) is 6.79. The van der Waals surface area contributed by atoms with Crippen molar-refractivity contribution in [3.05, 3.63) is 82.3 Å². The monoisotopic (exact) mass is 476 g/mol. The summed E-state index contributed by atoms with van der Waals surface area (Å²) in [7, 11) is 0. The number of hydrogen-bond donors (Lipinski definition) is 2. The summed E-state index contributed by atoms with van der Waals surface area (Å²) in [5.41, 5.74) is 2.21. The van der Waals surface area contributed by atoms with E-state index in [-0.39, 0.29) is 30.3 Å². The number of carbonyl (C=O) groups excluding carboxylic acids is 3. The minimum Gasteiger partial charge on any atom is -0.351 e. The molecule has 1 fully saturated rings. The quantitative estimate of drug-likeness (QED) is 0.514. The van der Waals surface area contributed by atoms with Crippen LogP contribution in [0.25, 0.3) is 0 Å². The zero-order valence-electron chi connectivity index (χ0n) is 19.1. The summed E-state index contributed by atoms with van der Waals surface area (Å²) in [6.07, 6.45) is 7.26. The SMILES string of the molecule is Cc1cccc(N(C(=O)CNC(=O)c2cccs2)[C@@H](C(=O)NC2CCCC2)c2ccncc2)c1. The normalized spacial score (nSPS) is 14.4. The highest BCUT2D eigenvalue weighted by atomic mass is 32.1. The van der Waals surface area contributed by atoms with Crippen LogP contribution in [0.1, 0.15) is 52.5 Å². The van der Waals surface area contributed by atoms with Gasteiger partial charge in [-0.2, -0.15) is 0 Å². The lowest BCUT2D eigenvalue weighted by atomic mass is 10.0. The van der Waals surface area contributed by atoms with Crippen LogP contribution in [-0.4, -0.2) is 35.3 Å². The fourth-order valence-electron chi connectivity index (χ4n) is 4.26. The molecule has 1 aliphatic rings. The molecule has 1 saturated carbocycles. The standard InChI is InChI=1S/C26H28N4O3S/c1-18-6-4-9-21(16-18)30(23(31)17-28-25(32)22-10-5-15-34-22)24(19-11-13-27-14-12-19)26(33)29-20-7-2-3-8-20/h4-6,9-16,20,24H,2-3,7-8,17H2,1H3,(H,28,32)(H,29,33)/t24-/m1/s1. The van der Waals surface area contributed by atoms with Crippen LogP contribution in [0.2, 0.25) is 0 Å². The van der Waals surface area contributed by atoms with E-state index in [1.54, 1.807) is 36.7 Å². The number of carbonyl (C=O) groups is 3. The molecule has 1 aliphatic carbocycles. The maximum absolute atomic E-state index is 13.6. The number of nitrogens with zero attached hydrogens (tertiary/aromatic N) is 2. The van der Waals surface area contributed by atoms with Crippen LogP contribution >= 0.6 is 11.3 Å². The van der Waals surface area contributed by atoms with Crippen LogP contribution in [0.3, 0.4) is 0 Å². The molecule has 0 spiro atoms. The summed E-state index contributed by atoms with van der Waals surface area (Å²) in [5, 5.41) is 7.66. The van der Waals surface area contributed by atoms with Crippen molar-refractivity contribution in [1.82, 2.24) is 15.6 Å². The van der Waals surface area contributed by atoms with E-state index in [0.29, 0.717) is 16.1 Å². The van der Waals surface area contributed by atoms with Crippen molar-refractivity contribution >= 4 is 34.7 Å². The topological polar surface area (TPSA) is 91.4 Å². The minimum absolute atomic E-state index is 0.102. The number of benzene rings is 1. The number of anilines is 1. The number of hydrogen-bond acceptors (Lipinski definition) is 5. The molecular weight excluding hydrogens is 448 g/mol. The van der Waals surface area contributed by atoms with E-state index in [0.717, 1.165) is 31.2 Å². The van der Waals surface area contributed by atoms with Crippen molar-refractivity contribution in [2.45, 2.75) is 44.7 Å². The zero-order valence-corrected chi connectivity index (χ0v) is 19.9. The second-order valence-corrected chi connectivity index (χ2v) is 9.38. The third-order valence-electron chi connectivity index (χ3n) is 5.92. The molecule has 176 valence electrons. The Morgan fingerprint density at radius 3 is 2.53 bits per heavy atom. The predicted octanol–water partition coefficient (Wildman–Crippen LogP) is 4.01. The fraction of sp³-hybridized carbons (Fsp3) is 0.308. The zero-order chi connectivity index (χ0) is 23.9. The Hall–Kier alpha value is -3.52. The highest BCUT2D eigenvalue weighted by Crippen LogP contribution is 2.29. The Labute approximate surface area is 203 Å². The molecule has 2 N–H and O–H groups in total. The summed E-state index contributed by atoms with van der Waals surface area (Å²) >= 11 is 1.31. The van der Waals surface area contributed by atoms with Gasteiger partial charge in [-0.3, -0.25) is 24.3 Å². The van der Waals surface area contributed by atoms with Crippen LogP contribution in [-0.2, 0) is 9.59 Å². The molecule has 4 rings (SSSR count). The van der Waals surface area contributed by atoms with E-state index in [4.69, 9.17) is 0 Å². The second kappa shape index (κ2) is 11.1. The molecule has 1 atom stereocenters. The van der Waals surface area contributed by atoms with Gasteiger partial charge in [-0.05, 0) is 66.6 Å². The van der Waals surface area contributed by atoms with Crippen molar-refractivity contribution in [1.29, 1.82) is 0 Å². The summed E-state index contributed by atoms with van der Waals surface area (Å²) in [6.45, 7) is 1.70. The summed E-state index contributed by atoms with van der Waals surface area (Å²) in [6, 6.07) is 13.7. The first-order chi connectivity index (χ1) is 16.5. The number of aromatic nitrogens is 1. The number of rotatable bonds is 8. The van der Waals surface area contributed by atoms with Gasteiger partial charge in [0.2, 0.25) is 11.8 Å². The average molecular weight is 477 g/mol. The Morgan fingerprint density at radius 2 is 1.85 bits per heavy atom. The van der Waals surface area contributed by atoms with Gasteiger partial charge in [-0.1, -0.05) is 31.0 Å². The van der Waals surface area contributed by atoms with Gasteiger partial charge >= 0.3 is 0 Å². The van der Waals surface area contributed by atoms with Crippen molar-refractivity contribution in [2.24, 2.45) is 0 Å². The largest absolute Gasteiger partial charge is 0.351 e. The van der Waals surface area contributed by atoms with Crippen LogP contribution in [0.5, 0.6) is 0 Å². The average Bonchev–Trinajstić information content (AvgIpc) is 3.56. The van der Waals surface area contributed by atoms with Gasteiger partial charge in [0.1, 0.15) is 6.04 Å². The van der Waals surface area contributed by atoms with Crippen LogP contribution < -0.4 is 15.5 Å². The van der Waals surface area contributed by atoms with Crippen LogP contribution in [0.15, 0.2) is 66.3 Å². The van der Waals surface area contributed by atoms with Crippen LogP contribution in [0, 0.1) is 6.92 Å². The van der Waals surface area contributed by atoms with Crippen molar-refractivity contribution in [3.8, 4) is 0 Å². The summed E-state index contributed by atoms with van der Waals surface area (Å²) in [5.74, 6) is -0.931. The Morgan fingerprint density at radius 1 is 1.09 bits per heavy atom. The van der Waals surface area contributed by atoms with Gasteiger partial charge < -0.3 is 10.6 Å². The third kappa shape index (κ3) is 5.69. The molecule has 3 amide bonds. The summed E-state index contributed by atoms with van der Waals surface area (Å²) < 4.78 is 0. The number of thiophene rings is 1. The molecule has 8 heteroatoms. The van der Waals surface area contributed by atoms with Gasteiger partial charge in [0.25, 0.3) is 5.91 Å². The molecule has 2 aromatic heterocycles. The van der Waals surface area contributed by atoms with E-state index in [2.05, 4.69) is 15.6 Å². The van der Waals surface area contributed by atoms with Crippen LogP contribution in [0.4, 0.5) is 5.69 Å². The lowest BCUT2D eigenvalue weighted by Crippen LogP contribution is -2.49. The first kappa shape index (κ1) is 23.6. The lowest BCUT2D eigenvalue weighted by Gasteiger charge is -2.32. The molecule has 2 heterocycles. The van der Waals surface area contributed by atoms with E-state index < -0.39 is 6.04 Å². The van der Waals surface area contributed by atoms with E-state index >= 15 is 0 Å². The molecule has 3 aromatic rings. The fourth-order valence-corrected chi connectivity index (χ4v) is 4.90. The number of nitrogens with one attached hydrogen (secondary N) is 2. The number of pyridine rings is 1. The lowest BCUT2D eigenvalue weighted by molar-refractivity contribution is -0.126. The molecular formula is C26H28N4O3S. The van der Waals surface area contributed by atoms with Crippen molar-refractivity contribution < 1.29 is 14.4 Å². The smallest absolute Gasteiger partial charge is 0.261 e. The molecule has 7 nitrogen and oxygen atoms in total. The Balaban J connectivity index is 1.66. The van der Waals surface area contributed by atoms with E-state index in [1.807, 2.05) is 36.6 Å². The van der Waals surface area contributed by atoms with Crippen molar-refractivity contribution in [2.75, 3.05) is 11.4 Å². The maximum Gasteiger partial charge on any atom is 0.261 e. The van der Waals surface area contributed by atoms with E-state index in [9.17, 15) is 14.4 Å². The summed E-state index contributed by atoms with van der Waals surface area (Å²) in [4.78, 5) is 45.8. The molecule has 0 radical (unpaired) electrons. The van der Waals surface area contributed by atoms with Gasteiger partial charge in [0, 0.05) is 24.1 Å². The Bertz CT molecular complexity index is 1130. The maximum atomic E-state index is 13.6. The molecule has 0 bridgehead atoms. The molecule has 34 heavy (non-hydrogen) atoms. The van der Waals surface area contributed by atoms with Crippen molar-refractivity contribution in [3.63, 3.8) is 0 Å². The number of aryl methyl sites for hydroxylation is 1. The first-order valence-electron chi connectivity index (χ1n) is 11.4. The molecule has 1 aromatic carbocycles. The molecule has 0 unspecified atom stereocenters. The highest BCUT2D eigenvalue weighted by Gasteiger charge is 2.34. The van der Waals surface area contributed by atoms with E-state index in [1.165, 1.54) is 16.2 Å². The predicted molar refractivity (Wildman–Crippen MR) is 133 cm³/mol. The minimum atomic E-state index is -0.892. The second-order valence-electron chi connectivity index (χ2n) is 8.44. The van der Waals surface area contributed by atoms with Gasteiger partial charge in [0.05, 0.1) is 11.4 Å². The van der Waals surface area contributed by atoms with Gasteiger partial charge in [-0.15, -0.1) is 11.3 Å². The Kier molecular flexibility index (Phi) is 7.69. The first-order valence-corrected chi connectivity index (χ1v) is 12.3. The number of amides is 3. The van der Waals surface area contributed by atoms with Gasteiger partial charge in [0.15, 0.2) is 0 Å². The van der Waals surface area contributed by atoms with Gasteiger partial charge in [-0.25, -0.2) is 0 Å².